The Bertz CT molecular complexity index is 1210. The highest BCUT2D eigenvalue weighted by atomic mass is 35.5. The number of rotatable bonds is 6. The zero-order valence-corrected chi connectivity index (χ0v) is 16.8. The second-order valence-electron chi connectivity index (χ2n) is 6.32. The van der Waals surface area contributed by atoms with E-state index in [1.807, 2.05) is 60.7 Å². The zero-order valence-electron chi connectivity index (χ0n) is 15.2. The number of nitrogens with zero attached hydrogens (tertiary/aromatic N) is 1. The molecule has 0 saturated carbocycles. The topological polar surface area (TPSA) is 72.2 Å². The van der Waals surface area contributed by atoms with Crippen molar-refractivity contribution in [2.75, 3.05) is 5.32 Å². The zero-order chi connectivity index (χ0) is 20.3. The lowest BCUT2D eigenvalue weighted by Gasteiger charge is -2.06. The molecule has 1 aromatic heterocycles. The van der Waals surface area contributed by atoms with E-state index in [0.717, 1.165) is 5.56 Å². The van der Waals surface area contributed by atoms with Gasteiger partial charge in [0.2, 0.25) is 26.6 Å². The smallest absolute Gasteiger partial charge is 0.234 e. The Hall–Kier alpha value is -3.09. The molecule has 0 unspecified atom stereocenters. The van der Waals surface area contributed by atoms with Gasteiger partial charge in [-0.05, 0) is 42.0 Å². The first kappa shape index (κ1) is 19.2. The predicted molar refractivity (Wildman–Crippen MR) is 113 cm³/mol. The summed E-state index contributed by atoms with van der Waals surface area (Å²) in [4.78, 5) is 4.41. The first-order chi connectivity index (χ1) is 14.0. The molecule has 7 heteroatoms. The Morgan fingerprint density at radius 2 is 1.48 bits per heavy atom. The predicted octanol–water partition coefficient (Wildman–Crippen LogP) is 5.44. The van der Waals surface area contributed by atoms with Crippen molar-refractivity contribution in [3.63, 3.8) is 0 Å². The number of oxazole rings is 1. The lowest BCUT2D eigenvalue weighted by atomic mass is 10.2. The van der Waals surface area contributed by atoms with E-state index in [2.05, 4.69) is 10.3 Å². The quantitative estimate of drug-likeness (QED) is 0.446. The van der Waals surface area contributed by atoms with Crippen LogP contribution in [0.2, 0.25) is 5.02 Å². The van der Waals surface area contributed by atoms with Crippen LogP contribution in [0.25, 0.3) is 11.5 Å². The van der Waals surface area contributed by atoms with Gasteiger partial charge in [-0.3, -0.25) is 0 Å². The van der Waals surface area contributed by atoms with Crippen molar-refractivity contribution in [3.8, 4) is 11.5 Å². The van der Waals surface area contributed by atoms with Crippen LogP contribution in [0.1, 0.15) is 5.56 Å². The number of sulfone groups is 1. The highest BCUT2D eigenvalue weighted by molar-refractivity contribution is 7.91. The molecule has 0 aliphatic rings. The maximum absolute atomic E-state index is 13.2. The van der Waals surface area contributed by atoms with Crippen molar-refractivity contribution in [2.24, 2.45) is 0 Å². The fourth-order valence-corrected chi connectivity index (χ4v) is 4.21. The first-order valence-corrected chi connectivity index (χ1v) is 10.7. The van der Waals surface area contributed by atoms with Crippen LogP contribution in [0, 0.1) is 0 Å². The summed E-state index contributed by atoms with van der Waals surface area (Å²) in [6, 6.07) is 24.8. The minimum absolute atomic E-state index is 0.0950. The van der Waals surface area contributed by atoms with Gasteiger partial charge in [-0.25, -0.2) is 8.42 Å². The van der Waals surface area contributed by atoms with Crippen LogP contribution >= 0.6 is 11.6 Å². The lowest BCUT2D eigenvalue weighted by molar-refractivity contribution is 0.576. The first-order valence-electron chi connectivity index (χ1n) is 8.89. The minimum Gasteiger partial charge on any atom is -0.419 e. The molecule has 1 N–H and O–H groups in total. The highest BCUT2D eigenvalue weighted by Crippen LogP contribution is 2.33. The summed E-state index contributed by atoms with van der Waals surface area (Å²) in [6.45, 7) is 0.396. The molecule has 0 aliphatic carbocycles. The largest absolute Gasteiger partial charge is 0.419 e. The molecule has 1 heterocycles. The van der Waals surface area contributed by atoms with Crippen LogP contribution < -0.4 is 5.32 Å². The molecule has 0 fully saturated rings. The van der Waals surface area contributed by atoms with Crippen molar-refractivity contribution in [1.29, 1.82) is 0 Å². The fraction of sp³-hybridized carbons (Fsp3) is 0.0455. The molecule has 29 heavy (non-hydrogen) atoms. The molecule has 0 atom stereocenters. The number of aromatic nitrogens is 1. The normalized spacial score (nSPS) is 11.3. The third-order valence-electron chi connectivity index (χ3n) is 4.29. The van der Waals surface area contributed by atoms with Crippen molar-refractivity contribution in [3.05, 3.63) is 95.5 Å². The number of nitrogens with one attached hydrogen (secondary N) is 1. The van der Waals surface area contributed by atoms with Gasteiger partial charge in [0.15, 0.2) is 0 Å². The third kappa shape index (κ3) is 4.18. The SMILES string of the molecule is O=S(=O)(c1ccc(Cl)cc1)c1nc(-c2ccccc2)oc1NCc1ccccc1. The molecule has 5 nitrogen and oxygen atoms in total. The van der Waals surface area contributed by atoms with Gasteiger partial charge in [-0.15, -0.1) is 0 Å². The Balaban J connectivity index is 1.76. The van der Waals surface area contributed by atoms with Crippen molar-refractivity contribution >= 4 is 27.3 Å². The summed E-state index contributed by atoms with van der Waals surface area (Å²) in [5.41, 5.74) is 1.67. The van der Waals surface area contributed by atoms with E-state index in [1.54, 1.807) is 0 Å². The number of halogens is 1. The number of hydrogen-bond acceptors (Lipinski definition) is 5. The minimum atomic E-state index is -3.90. The van der Waals surface area contributed by atoms with Crippen molar-refractivity contribution < 1.29 is 12.8 Å². The Morgan fingerprint density at radius 1 is 0.862 bits per heavy atom. The molecule has 0 radical (unpaired) electrons. The van der Waals surface area contributed by atoms with Crippen LogP contribution in [-0.4, -0.2) is 13.4 Å². The maximum atomic E-state index is 13.2. The van der Waals surface area contributed by atoms with Crippen LogP contribution in [0.5, 0.6) is 0 Å². The van der Waals surface area contributed by atoms with Gasteiger partial charge in [0, 0.05) is 17.1 Å². The van der Waals surface area contributed by atoms with E-state index in [9.17, 15) is 8.42 Å². The summed E-state index contributed by atoms with van der Waals surface area (Å²) in [6.07, 6.45) is 0. The summed E-state index contributed by atoms with van der Waals surface area (Å²) in [7, 11) is -3.90. The van der Waals surface area contributed by atoms with Crippen LogP contribution in [0.3, 0.4) is 0 Å². The van der Waals surface area contributed by atoms with Gasteiger partial charge in [0.25, 0.3) is 0 Å². The van der Waals surface area contributed by atoms with E-state index in [4.69, 9.17) is 16.0 Å². The number of benzene rings is 3. The van der Waals surface area contributed by atoms with Crippen molar-refractivity contribution in [2.45, 2.75) is 16.5 Å². The van der Waals surface area contributed by atoms with Gasteiger partial charge < -0.3 is 9.73 Å². The molecule has 0 bridgehead atoms. The number of hydrogen-bond donors (Lipinski definition) is 1. The maximum Gasteiger partial charge on any atom is 0.234 e. The summed E-state index contributed by atoms with van der Waals surface area (Å²) in [5, 5.41) is 3.37. The molecule has 4 aromatic rings. The Kier molecular flexibility index (Phi) is 5.38. The molecule has 0 aliphatic heterocycles. The van der Waals surface area contributed by atoms with Gasteiger partial charge in [0.1, 0.15) is 0 Å². The average Bonchev–Trinajstić information content (AvgIpc) is 3.19. The molecule has 146 valence electrons. The van der Waals surface area contributed by atoms with Gasteiger partial charge in [-0.1, -0.05) is 60.1 Å². The highest BCUT2D eigenvalue weighted by Gasteiger charge is 2.28. The number of anilines is 1. The molecule has 0 saturated heterocycles. The van der Waals surface area contributed by atoms with Gasteiger partial charge in [-0.2, -0.15) is 4.98 Å². The summed E-state index contributed by atoms with van der Waals surface area (Å²) in [5.74, 6) is 0.330. The molecular formula is C22H17ClN2O3S. The fourth-order valence-electron chi connectivity index (χ4n) is 2.81. The van der Waals surface area contributed by atoms with E-state index >= 15 is 0 Å². The Morgan fingerprint density at radius 3 is 2.14 bits per heavy atom. The summed E-state index contributed by atoms with van der Waals surface area (Å²) < 4.78 is 32.3. The third-order valence-corrected chi connectivity index (χ3v) is 6.22. The summed E-state index contributed by atoms with van der Waals surface area (Å²) >= 11 is 5.90. The monoisotopic (exact) mass is 424 g/mol. The van der Waals surface area contributed by atoms with Gasteiger partial charge >= 0.3 is 0 Å². The molecule has 0 amide bonds. The second kappa shape index (κ2) is 8.11. The molecule has 0 spiro atoms. The molecule has 4 rings (SSSR count). The molecule has 3 aromatic carbocycles. The Labute approximate surface area is 173 Å². The van der Waals surface area contributed by atoms with E-state index in [1.165, 1.54) is 24.3 Å². The van der Waals surface area contributed by atoms with Crippen LogP contribution in [0.15, 0.2) is 99.3 Å². The van der Waals surface area contributed by atoms with E-state index in [0.29, 0.717) is 17.1 Å². The standard InChI is InChI=1S/C22H17ClN2O3S/c23-18-11-13-19(14-12-18)29(26,27)22-21(24-15-16-7-3-1-4-8-16)28-20(25-22)17-9-5-2-6-10-17/h1-14,24H,15H2. The van der Waals surface area contributed by atoms with E-state index in [-0.39, 0.29) is 21.7 Å². The van der Waals surface area contributed by atoms with Gasteiger partial charge in [0.05, 0.1) is 4.90 Å². The van der Waals surface area contributed by atoms with Crippen LogP contribution in [-0.2, 0) is 16.4 Å². The second-order valence-corrected chi connectivity index (χ2v) is 8.62. The van der Waals surface area contributed by atoms with Crippen molar-refractivity contribution in [1.82, 2.24) is 4.98 Å². The lowest BCUT2D eigenvalue weighted by Crippen LogP contribution is -2.07. The van der Waals surface area contributed by atoms with Crippen LogP contribution in [0.4, 0.5) is 5.88 Å². The molecular weight excluding hydrogens is 408 g/mol. The average molecular weight is 425 g/mol. The van der Waals surface area contributed by atoms with E-state index < -0.39 is 9.84 Å².